The maximum absolute atomic E-state index is 13.2. The van der Waals surface area contributed by atoms with Crippen molar-refractivity contribution in [1.82, 2.24) is 14.8 Å². The van der Waals surface area contributed by atoms with E-state index in [9.17, 15) is 4.39 Å². The second-order valence-electron chi connectivity index (χ2n) is 5.49. The molecular weight excluding hydrogens is 271 g/mol. The van der Waals surface area contributed by atoms with Crippen molar-refractivity contribution < 1.29 is 8.81 Å². The van der Waals surface area contributed by atoms with Gasteiger partial charge >= 0.3 is 0 Å². The highest BCUT2D eigenvalue weighted by Gasteiger charge is 2.27. The van der Waals surface area contributed by atoms with E-state index in [-0.39, 0.29) is 5.82 Å². The Bertz CT molecular complexity index is 794. The summed E-state index contributed by atoms with van der Waals surface area (Å²) in [6.07, 6.45) is 4.91. The third kappa shape index (κ3) is 2.16. The summed E-state index contributed by atoms with van der Waals surface area (Å²) in [7, 11) is 0. The Morgan fingerprint density at radius 2 is 2.29 bits per heavy atom. The number of halogens is 1. The van der Waals surface area contributed by atoms with Crippen LogP contribution in [0.1, 0.15) is 18.0 Å². The normalized spacial score (nSPS) is 18.8. The number of anilines is 1. The molecule has 21 heavy (non-hydrogen) atoms. The Labute approximate surface area is 121 Å². The average Bonchev–Trinajstić information content (AvgIpc) is 3.14. The topological polar surface area (TPSA) is 47.1 Å². The van der Waals surface area contributed by atoms with Crippen LogP contribution in [0.25, 0.3) is 11.1 Å². The van der Waals surface area contributed by atoms with Crippen molar-refractivity contribution in [2.45, 2.75) is 19.4 Å². The summed E-state index contributed by atoms with van der Waals surface area (Å²) in [5.41, 5.74) is 2.33. The van der Waals surface area contributed by atoms with E-state index in [0.717, 1.165) is 25.1 Å². The highest BCUT2D eigenvalue weighted by atomic mass is 19.1. The molecule has 0 amide bonds. The highest BCUT2D eigenvalue weighted by molar-refractivity contribution is 5.74. The predicted octanol–water partition coefficient (Wildman–Crippen LogP) is 2.92. The molecule has 1 aromatic carbocycles. The van der Waals surface area contributed by atoms with Crippen molar-refractivity contribution in [3.8, 4) is 0 Å². The van der Waals surface area contributed by atoms with Gasteiger partial charge in [-0.1, -0.05) is 0 Å². The Kier molecular flexibility index (Phi) is 2.70. The van der Waals surface area contributed by atoms with Crippen molar-refractivity contribution in [3.05, 3.63) is 42.0 Å². The van der Waals surface area contributed by atoms with Gasteiger partial charge < -0.3 is 9.32 Å². The molecule has 3 aromatic rings. The van der Waals surface area contributed by atoms with Gasteiger partial charge in [0.1, 0.15) is 11.3 Å². The number of oxazole rings is 1. The van der Waals surface area contributed by atoms with E-state index in [1.54, 1.807) is 6.07 Å². The van der Waals surface area contributed by atoms with Gasteiger partial charge in [0.2, 0.25) is 0 Å². The molecule has 6 heteroatoms. The summed E-state index contributed by atoms with van der Waals surface area (Å²) < 4.78 is 20.9. The number of aromatic nitrogens is 3. The molecule has 0 saturated carbocycles. The lowest BCUT2D eigenvalue weighted by atomic mass is 10.3. The fourth-order valence-corrected chi connectivity index (χ4v) is 2.79. The zero-order valence-electron chi connectivity index (χ0n) is 11.7. The molecule has 0 bridgehead atoms. The summed E-state index contributed by atoms with van der Waals surface area (Å²) in [6.45, 7) is 3.70. The van der Waals surface area contributed by atoms with E-state index >= 15 is 0 Å². The molecule has 0 radical (unpaired) electrons. The summed E-state index contributed by atoms with van der Waals surface area (Å²) >= 11 is 0. The lowest BCUT2D eigenvalue weighted by Gasteiger charge is -2.13. The number of hydrogen-bond donors (Lipinski definition) is 0. The van der Waals surface area contributed by atoms with Crippen LogP contribution in [0.5, 0.6) is 0 Å². The first kappa shape index (κ1) is 12.4. The number of nitrogens with zero attached hydrogens (tertiary/aromatic N) is 4. The van der Waals surface area contributed by atoms with E-state index in [2.05, 4.69) is 21.2 Å². The molecule has 0 aliphatic carbocycles. The second kappa shape index (κ2) is 4.58. The molecule has 1 saturated heterocycles. The summed E-state index contributed by atoms with van der Waals surface area (Å²) in [5.74, 6) is -0.298. The number of aryl methyl sites for hydroxylation is 1. The molecular formula is C15H15FN4O. The molecule has 1 unspecified atom stereocenters. The maximum atomic E-state index is 13.2. The lowest BCUT2D eigenvalue weighted by Crippen LogP contribution is -2.21. The van der Waals surface area contributed by atoms with Gasteiger partial charge in [-0.05, 0) is 31.0 Å². The maximum Gasteiger partial charge on any atom is 0.298 e. The fourth-order valence-electron chi connectivity index (χ4n) is 2.79. The third-order valence-corrected chi connectivity index (χ3v) is 3.88. The minimum Gasteiger partial charge on any atom is -0.423 e. The average molecular weight is 286 g/mol. The number of hydrogen-bond acceptors (Lipinski definition) is 4. The van der Waals surface area contributed by atoms with E-state index < -0.39 is 0 Å². The van der Waals surface area contributed by atoms with Crippen LogP contribution in [0.15, 0.2) is 35.0 Å². The first-order valence-electron chi connectivity index (χ1n) is 7.01. The number of benzene rings is 1. The van der Waals surface area contributed by atoms with Crippen molar-refractivity contribution >= 4 is 17.1 Å². The van der Waals surface area contributed by atoms with E-state index in [1.807, 2.05) is 17.8 Å². The molecule has 0 N–H and O–H groups in total. The highest BCUT2D eigenvalue weighted by Crippen LogP contribution is 2.29. The zero-order valence-corrected chi connectivity index (χ0v) is 11.7. The van der Waals surface area contributed by atoms with Crippen molar-refractivity contribution in [2.24, 2.45) is 0 Å². The van der Waals surface area contributed by atoms with Crippen LogP contribution in [0.4, 0.5) is 10.4 Å². The number of fused-ring (bicyclic) bond motifs is 1. The molecule has 1 fully saturated rings. The molecule has 4 rings (SSSR count). The quantitative estimate of drug-likeness (QED) is 0.726. The minimum absolute atomic E-state index is 0.298. The van der Waals surface area contributed by atoms with E-state index in [0.29, 0.717) is 23.2 Å². The van der Waals surface area contributed by atoms with Crippen LogP contribution in [0.2, 0.25) is 0 Å². The molecule has 2 aromatic heterocycles. The SMILES string of the molecule is Cc1cnn(C2CCN(c3nc4cc(F)ccc4o3)C2)c1. The molecule has 108 valence electrons. The van der Waals surface area contributed by atoms with Gasteiger partial charge in [0, 0.05) is 25.4 Å². The largest absolute Gasteiger partial charge is 0.423 e. The molecule has 1 atom stereocenters. The smallest absolute Gasteiger partial charge is 0.298 e. The van der Waals surface area contributed by atoms with Crippen LogP contribution >= 0.6 is 0 Å². The van der Waals surface area contributed by atoms with Gasteiger partial charge in [-0.25, -0.2) is 4.39 Å². The van der Waals surface area contributed by atoms with Crippen LogP contribution < -0.4 is 4.90 Å². The van der Waals surface area contributed by atoms with Crippen molar-refractivity contribution in [3.63, 3.8) is 0 Å². The molecule has 1 aliphatic heterocycles. The first-order chi connectivity index (χ1) is 10.2. The van der Waals surface area contributed by atoms with Crippen molar-refractivity contribution in [1.29, 1.82) is 0 Å². The third-order valence-electron chi connectivity index (χ3n) is 3.88. The summed E-state index contributed by atoms with van der Waals surface area (Å²) in [5, 5.41) is 4.37. The molecule has 5 nitrogen and oxygen atoms in total. The Morgan fingerprint density at radius 3 is 3.10 bits per heavy atom. The van der Waals surface area contributed by atoms with E-state index in [1.165, 1.54) is 12.1 Å². The van der Waals surface area contributed by atoms with Gasteiger partial charge in [0.15, 0.2) is 5.58 Å². The van der Waals surface area contributed by atoms with Gasteiger partial charge in [-0.2, -0.15) is 10.1 Å². The van der Waals surface area contributed by atoms with Gasteiger partial charge in [-0.15, -0.1) is 0 Å². The zero-order chi connectivity index (χ0) is 14.4. The second-order valence-corrected chi connectivity index (χ2v) is 5.49. The molecule has 3 heterocycles. The van der Waals surface area contributed by atoms with Crippen LogP contribution in [0, 0.1) is 12.7 Å². The predicted molar refractivity (Wildman–Crippen MR) is 76.8 cm³/mol. The summed E-state index contributed by atoms with van der Waals surface area (Å²) in [6, 6.07) is 5.28. The lowest BCUT2D eigenvalue weighted by molar-refractivity contribution is 0.490. The molecule has 1 aliphatic rings. The Balaban J connectivity index is 1.59. The Morgan fingerprint density at radius 1 is 1.38 bits per heavy atom. The van der Waals surface area contributed by atoms with Crippen LogP contribution in [-0.4, -0.2) is 27.9 Å². The standard InChI is InChI=1S/C15H15FN4O/c1-10-7-17-20(8-10)12-4-5-19(9-12)15-18-13-6-11(16)2-3-14(13)21-15/h2-3,6-8,12H,4-5,9H2,1H3. The molecule has 0 spiro atoms. The van der Waals surface area contributed by atoms with Gasteiger partial charge in [0.25, 0.3) is 6.01 Å². The van der Waals surface area contributed by atoms with Gasteiger partial charge in [-0.3, -0.25) is 4.68 Å². The van der Waals surface area contributed by atoms with E-state index in [4.69, 9.17) is 4.42 Å². The fraction of sp³-hybridized carbons (Fsp3) is 0.333. The Hall–Kier alpha value is -2.37. The monoisotopic (exact) mass is 286 g/mol. The first-order valence-corrected chi connectivity index (χ1v) is 7.01. The van der Waals surface area contributed by atoms with Crippen LogP contribution in [-0.2, 0) is 0 Å². The van der Waals surface area contributed by atoms with Crippen LogP contribution in [0.3, 0.4) is 0 Å². The summed E-state index contributed by atoms with van der Waals surface area (Å²) in [4.78, 5) is 6.46. The number of rotatable bonds is 2. The minimum atomic E-state index is -0.298. The van der Waals surface area contributed by atoms with Gasteiger partial charge in [0.05, 0.1) is 12.2 Å². The van der Waals surface area contributed by atoms with Crippen molar-refractivity contribution in [2.75, 3.05) is 18.0 Å².